The van der Waals surface area contributed by atoms with E-state index in [9.17, 15) is 4.39 Å². The van der Waals surface area contributed by atoms with E-state index in [-0.39, 0.29) is 5.82 Å². The lowest BCUT2D eigenvalue weighted by molar-refractivity contribution is 0.478. The largest absolute Gasteiger partial charge is 0.321 e. The monoisotopic (exact) mass is 280 g/mol. The molecule has 2 aromatic carbocycles. The van der Waals surface area contributed by atoms with Crippen molar-refractivity contribution in [2.24, 2.45) is 5.73 Å². The Morgan fingerprint density at radius 1 is 1.05 bits per heavy atom. The second-order valence-electron chi connectivity index (χ2n) is 5.57. The molecule has 0 spiro atoms. The van der Waals surface area contributed by atoms with Crippen LogP contribution in [0.3, 0.4) is 0 Å². The molecule has 3 aromatic rings. The van der Waals surface area contributed by atoms with Gasteiger partial charge in [-0.15, -0.1) is 0 Å². The maximum absolute atomic E-state index is 13.9. The van der Waals surface area contributed by atoms with Gasteiger partial charge in [0.05, 0.1) is 5.52 Å². The van der Waals surface area contributed by atoms with E-state index in [2.05, 4.69) is 4.98 Å². The first-order chi connectivity index (χ1) is 10.1. The quantitative estimate of drug-likeness (QED) is 0.792. The van der Waals surface area contributed by atoms with Gasteiger partial charge in [0.25, 0.3) is 0 Å². The van der Waals surface area contributed by atoms with E-state index in [1.807, 2.05) is 43.3 Å². The van der Waals surface area contributed by atoms with Gasteiger partial charge >= 0.3 is 0 Å². The minimum Gasteiger partial charge on any atom is -0.321 e. The van der Waals surface area contributed by atoms with Crippen LogP contribution in [-0.2, 0) is 12.0 Å². The number of hydrogen-bond acceptors (Lipinski definition) is 2. The fraction of sp³-hybridized carbons (Fsp3) is 0.167. The van der Waals surface area contributed by atoms with Gasteiger partial charge in [0.15, 0.2) is 0 Å². The topological polar surface area (TPSA) is 38.9 Å². The molecule has 1 heterocycles. The third-order valence-corrected chi connectivity index (χ3v) is 3.76. The molecule has 0 saturated carbocycles. The van der Waals surface area contributed by atoms with Crippen LogP contribution >= 0.6 is 0 Å². The molecule has 2 N–H and O–H groups in total. The molecule has 3 heteroatoms. The molecule has 0 bridgehead atoms. The zero-order chi connectivity index (χ0) is 14.9. The first kappa shape index (κ1) is 13.7. The Labute approximate surface area is 123 Å². The minimum atomic E-state index is -0.684. The van der Waals surface area contributed by atoms with Crippen LogP contribution in [0.4, 0.5) is 4.39 Å². The Hall–Kier alpha value is -2.26. The Morgan fingerprint density at radius 2 is 1.81 bits per heavy atom. The van der Waals surface area contributed by atoms with Gasteiger partial charge in [-0.25, -0.2) is 4.39 Å². The van der Waals surface area contributed by atoms with Gasteiger partial charge < -0.3 is 5.73 Å². The van der Waals surface area contributed by atoms with E-state index in [0.717, 1.165) is 16.5 Å². The molecular formula is C18H17FN2. The van der Waals surface area contributed by atoms with Gasteiger partial charge in [-0.05, 0) is 36.6 Å². The summed E-state index contributed by atoms with van der Waals surface area (Å²) in [6, 6.07) is 16.6. The molecule has 0 radical (unpaired) electrons. The number of rotatable bonds is 3. The van der Waals surface area contributed by atoms with E-state index in [4.69, 9.17) is 5.73 Å². The van der Waals surface area contributed by atoms with Gasteiger partial charge in [0.1, 0.15) is 5.82 Å². The number of halogens is 1. The molecule has 3 rings (SSSR count). The van der Waals surface area contributed by atoms with E-state index in [1.54, 1.807) is 18.3 Å². The zero-order valence-corrected chi connectivity index (χ0v) is 11.9. The predicted molar refractivity (Wildman–Crippen MR) is 83.4 cm³/mol. The van der Waals surface area contributed by atoms with Crippen LogP contribution < -0.4 is 5.73 Å². The molecule has 106 valence electrons. The third-order valence-electron chi connectivity index (χ3n) is 3.76. The summed E-state index contributed by atoms with van der Waals surface area (Å²) in [6.07, 6.45) is 2.18. The van der Waals surface area contributed by atoms with Crippen LogP contribution in [0, 0.1) is 5.82 Å². The fourth-order valence-electron chi connectivity index (χ4n) is 2.70. The molecular weight excluding hydrogens is 263 g/mol. The molecule has 0 fully saturated rings. The Bertz CT molecular complexity index is 776. The molecule has 0 amide bonds. The second kappa shape index (κ2) is 5.26. The summed E-state index contributed by atoms with van der Waals surface area (Å²) >= 11 is 0. The highest BCUT2D eigenvalue weighted by atomic mass is 19.1. The number of fused-ring (bicyclic) bond motifs is 1. The Kier molecular flexibility index (Phi) is 3.43. The lowest BCUT2D eigenvalue weighted by Gasteiger charge is -2.26. The van der Waals surface area contributed by atoms with Gasteiger partial charge in [-0.3, -0.25) is 4.98 Å². The maximum Gasteiger partial charge on any atom is 0.126 e. The molecule has 2 nitrogen and oxygen atoms in total. The number of benzene rings is 2. The number of para-hydroxylation sites is 1. The number of nitrogens with zero attached hydrogens (tertiary/aromatic N) is 1. The highest BCUT2D eigenvalue weighted by Crippen LogP contribution is 2.29. The number of aromatic nitrogens is 1. The van der Waals surface area contributed by atoms with E-state index in [0.29, 0.717) is 12.0 Å². The van der Waals surface area contributed by atoms with Crippen molar-refractivity contribution < 1.29 is 4.39 Å². The normalized spacial score (nSPS) is 14.0. The lowest BCUT2D eigenvalue weighted by Crippen LogP contribution is -2.36. The molecule has 0 aliphatic heterocycles. The molecule has 21 heavy (non-hydrogen) atoms. The molecule has 1 atom stereocenters. The summed E-state index contributed by atoms with van der Waals surface area (Å²) in [5.41, 5.74) is 8.25. The summed E-state index contributed by atoms with van der Waals surface area (Å²) in [5.74, 6) is -0.220. The van der Waals surface area contributed by atoms with E-state index in [1.165, 1.54) is 6.07 Å². The number of nitrogens with two attached hydrogens (primary N) is 1. The summed E-state index contributed by atoms with van der Waals surface area (Å²) in [6.45, 7) is 1.92. The first-order valence-corrected chi connectivity index (χ1v) is 6.94. The van der Waals surface area contributed by atoms with Gasteiger partial charge in [-0.1, -0.05) is 42.5 Å². The smallest absolute Gasteiger partial charge is 0.126 e. The molecule has 0 aliphatic carbocycles. The predicted octanol–water partition coefficient (Wildman–Crippen LogP) is 3.79. The second-order valence-corrected chi connectivity index (χ2v) is 5.57. The van der Waals surface area contributed by atoms with Crippen molar-refractivity contribution in [2.75, 3.05) is 0 Å². The zero-order valence-electron chi connectivity index (χ0n) is 11.9. The number of hydrogen-bond donors (Lipinski definition) is 1. The number of pyridine rings is 1. The van der Waals surface area contributed by atoms with Crippen LogP contribution in [0.1, 0.15) is 18.1 Å². The Balaban J connectivity index is 2.06. The maximum atomic E-state index is 13.9. The van der Waals surface area contributed by atoms with Crippen LogP contribution in [0.5, 0.6) is 0 Å². The van der Waals surface area contributed by atoms with Gasteiger partial charge in [0.2, 0.25) is 0 Å². The van der Waals surface area contributed by atoms with Crippen molar-refractivity contribution in [1.82, 2.24) is 4.98 Å². The van der Waals surface area contributed by atoms with E-state index >= 15 is 0 Å². The summed E-state index contributed by atoms with van der Waals surface area (Å²) < 4.78 is 13.9. The van der Waals surface area contributed by atoms with Gasteiger partial charge in [0, 0.05) is 17.1 Å². The van der Waals surface area contributed by atoms with Crippen LogP contribution in [0.15, 0.2) is 60.8 Å². The average molecular weight is 280 g/mol. The first-order valence-electron chi connectivity index (χ1n) is 6.94. The van der Waals surface area contributed by atoms with Crippen molar-refractivity contribution in [3.8, 4) is 0 Å². The highest BCUT2D eigenvalue weighted by Gasteiger charge is 2.25. The standard InChI is InChI=1S/C18H17FN2/c1-18(20,12-14-6-2-3-10-16(14)19)15-9-4-7-13-8-5-11-21-17(13)15/h2-11H,12,20H2,1H3. The van der Waals surface area contributed by atoms with Crippen LogP contribution in [0.2, 0.25) is 0 Å². The average Bonchev–Trinajstić information content (AvgIpc) is 2.49. The summed E-state index contributed by atoms with van der Waals surface area (Å²) in [7, 11) is 0. The van der Waals surface area contributed by atoms with Crippen LogP contribution in [-0.4, -0.2) is 4.98 Å². The molecule has 1 unspecified atom stereocenters. The minimum absolute atomic E-state index is 0.220. The summed E-state index contributed by atoms with van der Waals surface area (Å²) in [5, 5.41) is 1.04. The van der Waals surface area contributed by atoms with Gasteiger partial charge in [-0.2, -0.15) is 0 Å². The van der Waals surface area contributed by atoms with Crippen molar-refractivity contribution in [3.63, 3.8) is 0 Å². The van der Waals surface area contributed by atoms with Crippen molar-refractivity contribution in [2.45, 2.75) is 18.9 Å². The third kappa shape index (κ3) is 2.65. The van der Waals surface area contributed by atoms with Crippen LogP contribution in [0.25, 0.3) is 10.9 Å². The Morgan fingerprint density at radius 3 is 2.62 bits per heavy atom. The fourth-order valence-corrected chi connectivity index (χ4v) is 2.70. The lowest BCUT2D eigenvalue weighted by atomic mass is 9.85. The highest BCUT2D eigenvalue weighted by molar-refractivity contribution is 5.82. The molecule has 1 aromatic heterocycles. The summed E-state index contributed by atoms with van der Waals surface area (Å²) in [4.78, 5) is 4.44. The van der Waals surface area contributed by atoms with Crippen molar-refractivity contribution in [3.05, 3.63) is 77.7 Å². The molecule has 0 saturated heterocycles. The molecule has 0 aliphatic rings. The van der Waals surface area contributed by atoms with Crippen molar-refractivity contribution in [1.29, 1.82) is 0 Å². The van der Waals surface area contributed by atoms with E-state index < -0.39 is 5.54 Å². The van der Waals surface area contributed by atoms with Crippen molar-refractivity contribution >= 4 is 10.9 Å². The SMILES string of the molecule is CC(N)(Cc1ccccc1F)c1cccc2cccnc12.